The van der Waals surface area contributed by atoms with Crippen molar-refractivity contribution in [2.45, 2.75) is 0 Å². The van der Waals surface area contributed by atoms with Gasteiger partial charge in [0.1, 0.15) is 0 Å². The molecular weight excluding hydrogens is 224 g/mol. The zero-order chi connectivity index (χ0) is 12.4. The van der Waals surface area contributed by atoms with Gasteiger partial charge in [-0.2, -0.15) is 0 Å². The van der Waals surface area contributed by atoms with Crippen molar-refractivity contribution in [3.05, 3.63) is 22.7 Å². The first-order valence-corrected chi connectivity index (χ1v) is 4.89. The van der Waals surface area contributed by atoms with E-state index in [1.165, 1.54) is 27.5 Å². The molecule has 0 spiro atoms. The minimum Gasteiger partial charge on any atom is -0.493 e. The van der Waals surface area contributed by atoms with Gasteiger partial charge in [0.2, 0.25) is 5.75 Å². The van der Waals surface area contributed by atoms with Crippen LogP contribution in [0.15, 0.2) is 17.1 Å². The molecule has 1 N–H and O–H groups in total. The van der Waals surface area contributed by atoms with Crippen LogP contribution in [0.1, 0.15) is 0 Å². The molecule has 0 atom stereocenters. The van der Waals surface area contributed by atoms with Crippen molar-refractivity contribution in [3.63, 3.8) is 0 Å². The third-order valence-corrected chi connectivity index (χ3v) is 2.42. The van der Waals surface area contributed by atoms with E-state index in [1.54, 1.807) is 6.07 Å². The Balaban J connectivity index is 2.88. The van der Waals surface area contributed by atoms with Crippen molar-refractivity contribution >= 4 is 10.9 Å². The van der Waals surface area contributed by atoms with Gasteiger partial charge >= 0.3 is 5.69 Å². The molecule has 0 amide bonds. The molecule has 90 valence electrons. The topological polar surface area (TPSA) is 73.4 Å². The summed E-state index contributed by atoms with van der Waals surface area (Å²) in [5.74, 6) is 1.43. The van der Waals surface area contributed by atoms with E-state index in [1.807, 2.05) is 0 Å². The predicted molar refractivity (Wildman–Crippen MR) is 62.0 cm³/mol. The van der Waals surface area contributed by atoms with Gasteiger partial charge in [0, 0.05) is 12.3 Å². The maximum atomic E-state index is 11.2. The normalized spacial score (nSPS) is 10.3. The highest BCUT2D eigenvalue weighted by Gasteiger charge is 2.16. The number of rotatable bonds is 3. The molecule has 0 saturated carbocycles. The molecule has 0 fully saturated rings. The highest BCUT2D eigenvalue weighted by atomic mass is 16.5. The number of benzene rings is 1. The summed E-state index contributed by atoms with van der Waals surface area (Å²) in [6.45, 7) is 0. The summed E-state index contributed by atoms with van der Waals surface area (Å²) in [5.41, 5.74) is 0.159. The smallest absolute Gasteiger partial charge is 0.345 e. The number of ether oxygens (including phenoxy) is 3. The molecule has 1 aromatic heterocycles. The van der Waals surface area contributed by atoms with Gasteiger partial charge in [-0.15, -0.1) is 0 Å². The van der Waals surface area contributed by atoms with Gasteiger partial charge < -0.3 is 19.2 Å². The molecule has 0 aliphatic carbocycles. The van der Waals surface area contributed by atoms with Crippen LogP contribution < -0.4 is 19.9 Å². The number of H-pyrrole nitrogens is 1. The molecule has 0 aliphatic rings. The van der Waals surface area contributed by atoms with E-state index in [0.29, 0.717) is 28.2 Å². The first-order valence-electron chi connectivity index (χ1n) is 4.89. The fourth-order valence-corrected chi connectivity index (χ4v) is 1.68. The quantitative estimate of drug-likeness (QED) is 0.858. The highest BCUT2D eigenvalue weighted by molar-refractivity contribution is 5.89. The number of hydrogen-bond acceptors (Lipinski definition) is 5. The van der Waals surface area contributed by atoms with E-state index >= 15 is 0 Å². The number of aromatic amines is 1. The number of aromatic nitrogens is 2. The number of hydrogen-bond donors (Lipinski definition) is 1. The lowest BCUT2D eigenvalue weighted by Crippen LogP contribution is -2.09. The van der Waals surface area contributed by atoms with Crippen molar-refractivity contribution in [3.8, 4) is 17.2 Å². The van der Waals surface area contributed by atoms with Crippen LogP contribution in [-0.2, 0) is 0 Å². The summed E-state index contributed by atoms with van der Waals surface area (Å²) in [7, 11) is 4.55. The Bertz CT molecular complexity index is 606. The van der Waals surface area contributed by atoms with Crippen LogP contribution in [0.2, 0.25) is 0 Å². The fourth-order valence-electron chi connectivity index (χ4n) is 1.68. The second kappa shape index (κ2) is 4.32. The van der Waals surface area contributed by atoms with Gasteiger partial charge in [0.15, 0.2) is 11.5 Å². The number of nitrogens with one attached hydrogen (secondary N) is 1. The van der Waals surface area contributed by atoms with E-state index in [0.717, 1.165) is 0 Å². The largest absolute Gasteiger partial charge is 0.493 e. The first-order chi connectivity index (χ1) is 8.21. The fraction of sp³-hybridized carbons (Fsp3) is 0.273. The molecule has 1 heterocycles. The third kappa shape index (κ3) is 1.77. The van der Waals surface area contributed by atoms with Gasteiger partial charge in [-0.25, -0.2) is 9.78 Å². The van der Waals surface area contributed by atoms with Crippen LogP contribution in [0, 0.1) is 0 Å². The van der Waals surface area contributed by atoms with Crippen LogP contribution in [0.3, 0.4) is 0 Å². The van der Waals surface area contributed by atoms with Crippen LogP contribution in [0.4, 0.5) is 0 Å². The molecule has 1 aromatic carbocycles. The molecule has 17 heavy (non-hydrogen) atoms. The predicted octanol–water partition coefficient (Wildman–Crippen LogP) is 0.949. The Labute approximate surface area is 97.1 Å². The van der Waals surface area contributed by atoms with Crippen LogP contribution in [-0.4, -0.2) is 31.3 Å². The third-order valence-electron chi connectivity index (χ3n) is 2.42. The lowest BCUT2D eigenvalue weighted by molar-refractivity contribution is 0.327. The highest BCUT2D eigenvalue weighted by Crippen LogP contribution is 2.41. The van der Waals surface area contributed by atoms with E-state index in [-0.39, 0.29) is 0 Å². The number of nitrogens with zero attached hydrogens (tertiary/aromatic N) is 1. The molecule has 6 nitrogen and oxygen atoms in total. The minimum atomic E-state index is -0.424. The van der Waals surface area contributed by atoms with Crippen LogP contribution in [0.5, 0.6) is 17.2 Å². The number of fused-ring (bicyclic) bond motifs is 1. The monoisotopic (exact) mass is 236 g/mol. The maximum Gasteiger partial charge on any atom is 0.345 e. The van der Waals surface area contributed by atoms with E-state index < -0.39 is 5.69 Å². The van der Waals surface area contributed by atoms with E-state index in [4.69, 9.17) is 14.2 Å². The maximum absolute atomic E-state index is 11.2. The zero-order valence-electron chi connectivity index (χ0n) is 9.73. The van der Waals surface area contributed by atoms with Crippen LogP contribution in [0.25, 0.3) is 10.9 Å². The first kappa shape index (κ1) is 11.3. The molecule has 0 unspecified atom stereocenters. The van der Waals surface area contributed by atoms with Crippen molar-refractivity contribution in [1.82, 2.24) is 9.97 Å². The summed E-state index contributed by atoms with van der Waals surface area (Å²) < 4.78 is 15.7. The summed E-state index contributed by atoms with van der Waals surface area (Å²) in [4.78, 5) is 17.4. The molecule has 2 rings (SSSR count). The Morgan fingerprint density at radius 2 is 1.82 bits per heavy atom. The Kier molecular flexibility index (Phi) is 2.86. The molecule has 0 aliphatic heterocycles. The molecule has 6 heteroatoms. The van der Waals surface area contributed by atoms with Crippen molar-refractivity contribution in [2.75, 3.05) is 21.3 Å². The SMILES string of the molecule is COc1cc2[nH]c(=O)ncc2c(OC)c1OC. The summed E-state index contributed by atoms with van der Waals surface area (Å²) >= 11 is 0. The van der Waals surface area contributed by atoms with E-state index in [2.05, 4.69) is 9.97 Å². The second-order valence-corrected chi connectivity index (χ2v) is 3.29. The summed E-state index contributed by atoms with van der Waals surface area (Å²) in [6.07, 6.45) is 1.44. The standard InChI is InChI=1S/C11H12N2O4/c1-15-8-4-7-6(5-12-11(14)13-7)9(16-2)10(8)17-3/h4-5H,1-3H3,(H,12,13,14). The molecular formula is C11H12N2O4. The average molecular weight is 236 g/mol. The second-order valence-electron chi connectivity index (χ2n) is 3.29. The van der Waals surface area contributed by atoms with Crippen molar-refractivity contribution in [2.24, 2.45) is 0 Å². The van der Waals surface area contributed by atoms with Gasteiger partial charge in [-0.1, -0.05) is 0 Å². The van der Waals surface area contributed by atoms with Gasteiger partial charge in [0.05, 0.1) is 32.2 Å². The van der Waals surface area contributed by atoms with Crippen molar-refractivity contribution < 1.29 is 14.2 Å². The van der Waals surface area contributed by atoms with Gasteiger partial charge in [0.25, 0.3) is 0 Å². The summed E-state index contributed by atoms with van der Waals surface area (Å²) in [5, 5.41) is 0.657. The zero-order valence-corrected chi connectivity index (χ0v) is 9.73. The minimum absolute atomic E-state index is 0.424. The Morgan fingerprint density at radius 3 is 2.41 bits per heavy atom. The van der Waals surface area contributed by atoms with Crippen molar-refractivity contribution in [1.29, 1.82) is 0 Å². The Morgan fingerprint density at radius 1 is 1.12 bits per heavy atom. The van der Waals surface area contributed by atoms with E-state index in [9.17, 15) is 4.79 Å². The summed E-state index contributed by atoms with van der Waals surface area (Å²) in [6, 6.07) is 1.67. The molecule has 0 bridgehead atoms. The Hall–Kier alpha value is -2.24. The molecule has 0 saturated heterocycles. The van der Waals surface area contributed by atoms with Gasteiger partial charge in [-0.05, 0) is 0 Å². The number of methoxy groups -OCH3 is 3. The van der Waals surface area contributed by atoms with Gasteiger partial charge in [-0.3, -0.25) is 0 Å². The van der Waals surface area contributed by atoms with Crippen LogP contribution >= 0.6 is 0 Å². The lowest BCUT2D eigenvalue weighted by Gasteiger charge is -2.13. The molecule has 2 aromatic rings. The average Bonchev–Trinajstić information content (AvgIpc) is 2.35. The molecule has 0 radical (unpaired) electrons. The lowest BCUT2D eigenvalue weighted by atomic mass is 10.2.